The maximum atomic E-state index is 2.54. The minimum atomic E-state index is -0.718. The molecule has 298 valence electrons. The molecule has 0 saturated heterocycles. The number of nitrogens with zero attached hydrogens (tertiary/aromatic N) is 3. The lowest BCUT2D eigenvalue weighted by molar-refractivity contribution is 0.734. The van der Waals surface area contributed by atoms with Gasteiger partial charge in [-0.3, -0.25) is 0 Å². The molecule has 3 nitrogen and oxygen atoms in total. The minimum Gasteiger partial charge on any atom is -0.310 e. The zero-order valence-electron chi connectivity index (χ0n) is 34.9. The fraction of sp³-hybridized carbons (Fsp3) is 0.0164. The Morgan fingerprint density at radius 3 is 1.16 bits per heavy atom. The highest BCUT2D eigenvalue weighted by Crippen LogP contribution is 2.62. The number of anilines is 6. The van der Waals surface area contributed by atoms with Crippen molar-refractivity contribution in [2.45, 2.75) is 5.41 Å². The molecule has 0 fully saturated rings. The maximum Gasteiger partial charge on any atom is 0.0754 e. The second kappa shape index (κ2) is 13.3. The molecule has 3 heteroatoms. The Balaban J connectivity index is 1.14. The highest BCUT2D eigenvalue weighted by molar-refractivity contribution is 6.24. The van der Waals surface area contributed by atoms with E-state index < -0.39 is 5.41 Å². The summed E-state index contributed by atoms with van der Waals surface area (Å²) in [4.78, 5) is 5.00. The fourth-order valence-electron chi connectivity index (χ4n) is 11.7. The van der Waals surface area contributed by atoms with Gasteiger partial charge in [-0.1, -0.05) is 176 Å². The van der Waals surface area contributed by atoms with E-state index in [4.69, 9.17) is 0 Å². The lowest BCUT2D eigenvalue weighted by atomic mass is 9.59. The van der Waals surface area contributed by atoms with Crippen LogP contribution in [0.4, 0.5) is 34.1 Å². The molecule has 0 saturated carbocycles. The summed E-state index contributed by atoms with van der Waals surface area (Å²) in [7, 11) is 0. The van der Waals surface area contributed by atoms with E-state index in [0.717, 1.165) is 22.7 Å². The molecule has 2 aromatic heterocycles. The molecule has 0 unspecified atom stereocenters. The molecule has 0 aliphatic carbocycles. The van der Waals surface area contributed by atoms with Gasteiger partial charge < -0.3 is 14.2 Å². The molecule has 10 aromatic carbocycles. The summed E-state index contributed by atoms with van der Waals surface area (Å²) >= 11 is 0. The van der Waals surface area contributed by atoms with Crippen LogP contribution in [0, 0.1) is 0 Å². The summed E-state index contributed by atoms with van der Waals surface area (Å²) in [5.74, 6) is 0. The normalized spacial score (nSPS) is 13.7. The van der Waals surface area contributed by atoms with Crippen LogP contribution in [-0.2, 0) is 5.41 Å². The molecule has 0 atom stereocenters. The Morgan fingerprint density at radius 1 is 0.266 bits per heavy atom. The van der Waals surface area contributed by atoms with Gasteiger partial charge >= 0.3 is 0 Å². The Labute approximate surface area is 371 Å². The fourth-order valence-corrected chi connectivity index (χ4v) is 11.7. The smallest absolute Gasteiger partial charge is 0.0754 e. The molecular weight excluding hydrogens is 775 g/mol. The summed E-state index contributed by atoms with van der Waals surface area (Å²) < 4.78 is 2.47. The number of hydrogen-bond acceptors (Lipinski definition) is 2. The third kappa shape index (κ3) is 4.60. The van der Waals surface area contributed by atoms with Gasteiger partial charge in [-0.25, -0.2) is 0 Å². The average Bonchev–Trinajstić information content (AvgIpc) is 3.88. The minimum absolute atomic E-state index is 0.718. The van der Waals surface area contributed by atoms with Gasteiger partial charge in [0, 0.05) is 44.0 Å². The van der Waals surface area contributed by atoms with Gasteiger partial charge in [-0.2, -0.15) is 0 Å². The lowest BCUT2D eigenvalue weighted by Gasteiger charge is -2.48. The molecule has 0 amide bonds. The van der Waals surface area contributed by atoms with Crippen molar-refractivity contribution in [2.24, 2.45) is 0 Å². The summed E-state index contributed by atoms with van der Waals surface area (Å²) in [6, 6.07) is 88.2. The van der Waals surface area contributed by atoms with Crippen molar-refractivity contribution in [1.82, 2.24) is 4.40 Å². The van der Waals surface area contributed by atoms with Crippen LogP contribution in [0.5, 0.6) is 0 Å². The topological polar surface area (TPSA) is 10.9 Å². The molecule has 64 heavy (non-hydrogen) atoms. The van der Waals surface area contributed by atoms with Gasteiger partial charge in [0.25, 0.3) is 0 Å². The van der Waals surface area contributed by atoms with E-state index in [9.17, 15) is 0 Å². The van der Waals surface area contributed by atoms with Crippen molar-refractivity contribution in [3.8, 4) is 22.3 Å². The predicted molar refractivity (Wildman–Crippen MR) is 267 cm³/mol. The molecule has 0 radical (unpaired) electrons. The molecule has 12 aromatic rings. The quantitative estimate of drug-likeness (QED) is 0.172. The summed E-state index contributed by atoms with van der Waals surface area (Å²) in [6.45, 7) is 0. The van der Waals surface area contributed by atoms with E-state index in [1.54, 1.807) is 0 Å². The van der Waals surface area contributed by atoms with Gasteiger partial charge in [0.1, 0.15) is 0 Å². The monoisotopic (exact) mass is 813 g/mol. The first-order valence-electron chi connectivity index (χ1n) is 22.2. The second-order valence-corrected chi connectivity index (χ2v) is 17.2. The van der Waals surface area contributed by atoms with E-state index in [-0.39, 0.29) is 0 Å². The number of benzene rings is 10. The van der Waals surface area contributed by atoms with Crippen LogP contribution < -0.4 is 9.80 Å². The number of aromatic nitrogens is 1. The largest absolute Gasteiger partial charge is 0.310 e. The standard InChI is InChI=1S/C61H39N3/c1-2-20-40(21-3-1)62-58-36-18-12-30-52(58)61(53-31-13-19-37-59(53)62)50-28-10-4-22-42(50)44-24-6-14-32-54(44)63(55-33-15-7-25-45(55)43-23-5-11-29-51(43)61)41-38-48-46-26-8-16-34-56(46)64-57-35-17-9-27-47(57)49(39-41)60(48)64/h1-39H. The van der Waals surface area contributed by atoms with Crippen molar-refractivity contribution in [2.75, 3.05) is 9.80 Å². The van der Waals surface area contributed by atoms with Crippen LogP contribution in [0.2, 0.25) is 0 Å². The first kappa shape index (κ1) is 35.2. The van der Waals surface area contributed by atoms with Crippen molar-refractivity contribution in [3.63, 3.8) is 0 Å². The highest BCUT2D eigenvalue weighted by Gasteiger charge is 2.49. The van der Waals surface area contributed by atoms with Crippen molar-refractivity contribution < 1.29 is 0 Å². The van der Waals surface area contributed by atoms with Crippen molar-refractivity contribution in [3.05, 3.63) is 259 Å². The van der Waals surface area contributed by atoms with Gasteiger partial charge in [0.15, 0.2) is 0 Å². The Hall–Kier alpha value is -8.40. The zero-order valence-corrected chi connectivity index (χ0v) is 34.9. The van der Waals surface area contributed by atoms with E-state index in [2.05, 4.69) is 251 Å². The van der Waals surface area contributed by atoms with Crippen LogP contribution in [-0.4, -0.2) is 4.40 Å². The van der Waals surface area contributed by atoms with Crippen LogP contribution in [0.15, 0.2) is 237 Å². The van der Waals surface area contributed by atoms with E-state index in [1.165, 1.54) is 94.0 Å². The van der Waals surface area contributed by atoms with Gasteiger partial charge in [0.2, 0.25) is 0 Å². The van der Waals surface area contributed by atoms with Crippen LogP contribution in [0.25, 0.3) is 60.3 Å². The van der Waals surface area contributed by atoms with E-state index >= 15 is 0 Å². The van der Waals surface area contributed by atoms with E-state index in [0.29, 0.717) is 0 Å². The third-order valence-electron chi connectivity index (χ3n) is 14.1. The number of hydrogen-bond donors (Lipinski definition) is 0. The SMILES string of the molecule is c1ccc(N2c3ccccc3C3(c4ccccc4-c4ccccc4N(c4cc5c6ccccc6n6c7ccccc7c(c4)c56)c4ccccc4-c4ccccc43)c3ccccc32)cc1. The molecule has 14 rings (SSSR count). The van der Waals surface area contributed by atoms with Gasteiger partial charge in [0.05, 0.1) is 44.7 Å². The van der Waals surface area contributed by atoms with Crippen LogP contribution in [0.1, 0.15) is 22.3 Å². The first-order valence-corrected chi connectivity index (χ1v) is 22.2. The van der Waals surface area contributed by atoms with E-state index in [1.807, 2.05) is 0 Å². The Bertz CT molecular complexity index is 3600. The van der Waals surface area contributed by atoms with Gasteiger partial charge in [-0.05, 0) is 94.0 Å². The Kier molecular flexibility index (Phi) is 7.32. The molecular formula is C61H39N3. The van der Waals surface area contributed by atoms with Crippen LogP contribution in [0.3, 0.4) is 0 Å². The molecule has 0 N–H and O–H groups in total. The Morgan fingerprint density at radius 2 is 0.641 bits per heavy atom. The number of fused-ring (bicyclic) bond motifs is 18. The molecule has 0 bridgehead atoms. The zero-order chi connectivity index (χ0) is 41.9. The molecule has 2 aliphatic heterocycles. The summed E-state index contributed by atoms with van der Waals surface area (Å²) in [6.07, 6.45) is 0. The summed E-state index contributed by atoms with van der Waals surface area (Å²) in [5.41, 5.74) is 19.6. The van der Waals surface area contributed by atoms with Gasteiger partial charge in [-0.15, -0.1) is 0 Å². The predicted octanol–water partition coefficient (Wildman–Crippen LogP) is 16.1. The van der Waals surface area contributed by atoms with Crippen LogP contribution >= 0.6 is 0 Å². The molecule has 1 spiro atoms. The highest BCUT2D eigenvalue weighted by atomic mass is 15.2. The third-order valence-corrected chi connectivity index (χ3v) is 14.1. The lowest BCUT2D eigenvalue weighted by Crippen LogP contribution is -2.38. The summed E-state index contributed by atoms with van der Waals surface area (Å²) in [5, 5.41) is 5.03. The second-order valence-electron chi connectivity index (χ2n) is 17.2. The van der Waals surface area contributed by atoms with Crippen molar-refractivity contribution >= 4 is 72.2 Å². The first-order chi connectivity index (χ1) is 31.8. The average molecular weight is 814 g/mol. The number of rotatable bonds is 2. The molecule has 4 heterocycles. The van der Waals surface area contributed by atoms with Crippen molar-refractivity contribution in [1.29, 1.82) is 0 Å². The maximum absolute atomic E-state index is 2.54. The molecule has 2 aliphatic rings. The number of para-hydroxylation sites is 7.